The summed E-state index contributed by atoms with van der Waals surface area (Å²) in [6.07, 6.45) is 1.95. The van der Waals surface area contributed by atoms with E-state index < -0.39 is 11.8 Å². The molecule has 2 amide bonds. The molecule has 0 fully saturated rings. The van der Waals surface area contributed by atoms with E-state index in [1.807, 2.05) is 42.7 Å². The second-order valence-corrected chi connectivity index (χ2v) is 5.27. The number of thioether (sulfide) groups is 1. The van der Waals surface area contributed by atoms with Crippen LogP contribution in [-0.2, 0) is 9.59 Å². The Morgan fingerprint density at radius 1 is 1.05 bits per heavy atom. The van der Waals surface area contributed by atoms with E-state index in [9.17, 15) is 9.59 Å². The van der Waals surface area contributed by atoms with Gasteiger partial charge >= 0.3 is 11.8 Å². The van der Waals surface area contributed by atoms with E-state index in [1.54, 1.807) is 37.0 Å². The smallest absolute Gasteiger partial charge is 0.316 e. The monoisotopic (exact) mass is 300 g/mol. The zero-order valence-corrected chi connectivity index (χ0v) is 12.7. The Morgan fingerprint density at radius 3 is 2.43 bits per heavy atom. The molecule has 0 aliphatic heterocycles. The fourth-order valence-electron chi connectivity index (χ4n) is 1.81. The molecule has 0 saturated heterocycles. The molecule has 2 rings (SSSR count). The number of nitrogens with zero attached hydrogens (tertiary/aromatic N) is 1. The Balaban J connectivity index is 2.07. The highest BCUT2D eigenvalue weighted by atomic mass is 32.2. The third-order valence-corrected chi connectivity index (χ3v) is 3.70. The molecule has 0 saturated carbocycles. The van der Waals surface area contributed by atoms with E-state index in [0.29, 0.717) is 11.4 Å². The number of hydrogen-bond acceptors (Lipinski definition) is 3. The van der Waals surface area contributed by atoms with Gasteiger partial charge < -0.3 is 10.2 Å². The molecule has 0 bridgehead atoms. The maximum Gasteiger partial charge on any atom is 0.316 e. The van der Waals surface area contributed by atoms with Crippen molar-refractivity contribution in [2.45, 2.75) is 4.90 Å². The van der Waals surface area contributed by atoms with Gasteiger partial charge in [-0.25, -0.2) is 0 Å². The lowest BCUT2D eigenvalue weighted by Crippen LogP contribution is -2.37. The number of amides is 2. The highest BCUT2D eigenvalue weighted by Crippen LogP contribution is 2.19. The molecular weight excluding hydrogens is 284 g/mol. The van der Waals surface area contributed by atoms with Crippen molar-refractivity contribution in [3.05, 3.63) is 54.6 Å². The minimum atomic E-state index is -0.653. The van der Waals surface area contributed by atoms with Gasteiger partial charge in [0.05, 0.1) is 0 Å². The molecule has 21 heavy (non-hydrogen) atoms. The predicted octanol–water partition coefficient (Wildman–Crippen LogP) is 3.01. The first-order chi connectivity index (χ1) is 10.1. The third-order valence-electron chi connectivity index (χ3n) is 2.97. The molecule has 108 valence electrons. The summed E-state index contributed by atoms with van der Waals surface area (Å²) < 4.78 is 0. The summed E-state index contributed by atoms with van der Waals surface area (Å²) in [6.45, 7) is 0. The maximum absolute atomic E-state index is 12.1. The first-order valence-electron chi connectivity index (χ1n) is 6.40. The Morgan fingerprint density at radius 2 is 1.76 bits per heavy atom. The number of carbonyl (C=O) groups is 2. The highest BCUT2D eigenvalue weighted by molar-refractivity contribution is 7.98. The molecule has 0 unspecified atom stereocenters. The van der Waals surface area contributed by atoms with Crippen LogP contribution in [0.1, 0.15) is 0 Å². The van der Waals surface area contributed by atoms with Gasteiger partial charge in [-0.1, -0.05) is 24.3 Å². The van der Waals surface area contributed by atoms with Crippen LogP contribution in [0, 0.1) is 0 Å². The van der Waals surface area contributed by atoms with E-state index >= 15 is 0 Å². The Bertz CT molecular complexity index is 644. The lowest BCUT2D eigenvalue weighted by atomic mass is 10.3. The van der Waals surface area contributed by atoms with Crippen LogP contribution < -0.4 is 10.2 Å². The molecule has 0 atom stereocenters. The predicted molar refractivity (Wildman–Crippen MR) is 86.7 cm³/mol. The van der Waals surface area contributed by atoms with E-state index in [0.717, 1.165) is 4.90 Å². The summed E-state index contributed by atoms with van der Waals surface area (Å²) in [5.41, 5.74) is 1.29. The molecule has 0 aromatic heterocycles. The van der Waals surface area contributed by atoms with Crippen molar-refractivity contribution in [3.8, 4) is 0 Å². The average Bonchev–Trinajstić information content (AvgIpc) is 2.54. The Labute approximate surface area is 128 Å². The van der Waals surface area contributed by atoms with Crippen LogP contribution in [0.15, 0.2) is 59.5 Å². The molecule has 0 aliphatic carbocycles. The van der Waals surface area contributed by atoms with E-state index in [4.69, 9.17) is 0 Å². The summed E-state index contributed by atoms with van der Waals surface area (Å²) in [4.78, 5) is 26.5. The lowest BCUT2D eigenvalue weighted by Gasteiger charge is -2.16. The molecule has 1 N–H and O–H groups in total. The van der Waals surface area contributed by atoms with Crippen molar-refractivity contribution in [2.75, 3.05) is 23.5 Å². The molecule has 0 radical (unpaired) electrons. The van der Waals surface area contributed by atoms with Gasteiger partial charge in [-0.3, -0.25) is 9.59 Å². The van der Waals surface area contributed by atoms with Gasteiger partial charge in [0, 0.05) is 23.3 Å². The number of carbonyl (C=O) groups excluding carboxylic acids is 2. The molecule has 0 spiro atoms. The van der Waals surface area contributed by atoms with Crippen molar-refractivity contribution < 1.29 is 9.59 Å². The molecule has 4 nitrogen and oxygen atoms in total. The molecule has 2 aromatic rings. The van der Waals surface area contributed by atoms with Gasteiger partial charge in [-0.15, -0.1) is 11.8 Å². The van der Waals surface area contributed by atoms with Crippen LogP contribution in [0.2, 0.25) is 0 Å². The number of likely N-dealkylation sites (N-methyl/N-ethyl adjacent to an activating group) is 1. The van der Waals surface area contributed by atoms with Crippen LogP contribution in [0.5, 0.6) is 0 Å². The Hall–Kier alpha value is -2.27. The molecule has 2 aromatic carbocycles. The molecule has 5 heteroatoms. The fourth-order valence-corrected chi connectivity index (χ4v) is 2.27. The van der Waals surface area contributed by atoms with Gasteiger partial charge in [0.2, 0.25) is 0 Å². The van der Waals surface area contributed by atoms with Crippen LogP contribution in [0.3, 0.4) is 0 Å². The number of nitrogens with one attached hydrogen (secondary N) is 1. The Kier molecular flexibility index (Phi) is 5.00. The number of hydrogen-bond donors (Lipinski definition) is 1. The van der Waals surface area contributed by atoms with Crippen molar-refractivity contribution in [1.82, 2.24) is 0 Å². The molecule has 0 aliphatic rings. The van der Waals surface area contributed by atoms with Gasteiger partial charge in [0.15, 0.2) is 0 Å². The summed E-state index contributed by atoms with van der Waals surface area (Å²) in [7, 11) is 1.58. The number of para-hydroxylation sites is 1. The van der Waals surface area contributed by atoms with Crippen LogP contribution in [0.25, 0.3) is 0 Å². The van der Waals surface area contributed by atoms with Crippen molar-refractivity contribution in [1.29, 1.82) is 0 Å². The molecular formula is C16H16N2O2S. The normalized spacial score (nSPS) is 10.0. The third kappa shape index (κ3) is 3.86. The first kappa shape index (κ1) is 15.1. The summed E-state index contributed by atoms with van der Waals surface area (Å²) in [5, 5.41) is 2.62. The minimum absolute atomic E-state index is 0.601. The standard InChI is InChI=1S/C16H16N2O2S/c1-18(13-8-4-3-5-9-13)16(20)15(19)17-12-7-6-10-14(11-12)21-2/h3-11H,1-2H3,(H,17,19). The molecule has 0 heterocycles. The SMILES string of the molecule is CSc1cccc(NC(=O)C(=O)N(C)c2ccccc2)c1. The van der Waals surface area contributed by atoms with Crippen molar-refractivity contribution in [2.24, 2.45) is 0 Å². The van der Waals surface area contributed by atoms with Gasteiger partial charge in [0.1, 0.15) is 0 Å². The zero-order chi connectivity index (χ0) is 15.2. The zero-order valence-electron chi connectivity index (χ0n) is 11.9. The van der Waals surface area contributed by atoms with Crippen molar-refractivity contribution in [3.63, 3.8) is 0 Å². The fraction of sp³-hybridized carbons (Fsp3) is 0.125. The van der Waals surface area contributed by atoms with E-state index in [-0.39, 0.29) is 0 Å². The van der Waals surface area contributed by atoms with E-state index in [1.165, 1.54) is 4.90 Å². The van der Waals surface area contributed by atoms with Crippen LogP contribution in [-0.4, -0.2) is 25.1 Å². The summed E-state index contributed by atoms with van der Waals surface area (Å²) >= 11 is 1.57. The second kappa shape index (κ2) is 6.95. The second-order valence-electron chi connectivity index (χ2n) is 4.39. The van der Waals surface area contributed by atoms with Crippen molar-refractivity contribution >= 4 is 35.0 Å². The number of anilines is 2. The maximum atomic E-state index is 12.1. The topological polar surface area (TPSA) is 49.4 Å². The van der Waals surface area contributed by atoms with Gasteiger partial charge in [0.25, 0.3) is 0 Å². The van der Waals surface area contributed by atoms with Crippen LogP contribution >= 0.6 is 11.8 Å². The lowest BCUT2D eigenvalue weighted by molar-refractivity contribution is -0.134. The van der Waals surface area contributed by atoms with Gasteiger partial charge in [-0.05, 0) is 36.6 Å². The van der Waals surface area contributed by atoms with Crippen LogP contribution in [0.4, 0.5) is 11.4 Å². The minimum Gasteiger partial charge on any atom is -0.318 e. The summed E-state index contributed by atoms with van der Waals surface area (Å²) in [5.74, 6) is -1.25. The summed E-state index contributed by atoms with van der Waals surface area (Å²) in [6, 6.07) is 16.4. The number of benzene rings is 2. The first-order valence-corrected chi connectivity index (χ1v) is 7.62. The van der Waals surface area contributed by atoms with E-state index in [2.05, 4.69) is 5.32 Å². The number of rotatable bonds is 3. The quantitative estimate of drug-likeness (QED) is 0.700. The van der Waals surface area contributed by atoms with Gasteiger partial charge in [-0.2, -0.15) is 0 Å². The highest BCUT2D eigenvalue weighted by Gasteiger charge is 2.19. The average molecular weight is 300 g/mol. The largest absolute Gasteiger partial charge is 0.318 e.